The van der Waals surface area contributed by atoms with Gasteiger partial charge in [0.05, 0.1) is 5.56 Å². The van der Waals surface area contributed by atoms with E-state index in [0.29, 0.717) is 12.5 Å². The zero-order valence-corrected chi connectivity index (χ0v) is 11.3. The number of aromatic nitrogens is 1. The Morgan fingerprint density at radius 1 is 1.40 bits per heavy atom. The average Bonchev–Trinajstić information content (AvgIpc) is 2.93. The molecule has 5 heteroatoms. The minimum atomic E-state index is -0.427. The first kappa shape index (κ1) is 12.8. The van der Waals surface area contributed by atoms with Gasteiger partial charge >= 0.3 is 0 Å². The number of halogens is 1. The molecule has 1 aromatic carbocycles. The molecule has 0 saturated carbocycles. The number of hydrogen-bond donors (Lipinski definition) is 0. The van der Waals surface area contributed by atoms with Crippen LogP contribution < -0.4 is 0 Å². The van der Waals surface area contributed by atoms with Crippen molar-refractivity contribution in [2.24, 2.45) is 5.92 Å². The highest BCUT2D eigenvalue weighted by Crippen LogP contribution is 2.30. The van der Waals surface area contributed by atoms with Crippen LogP contribution in [0.1, 0.15) is 24.3 Å². The molecule has 0 spiro atoms. The summed E-state index contributed by atoms with van der Waals surface area (Å²) in [4.78, 5) is 18.1. The Hall–Kier alpha value is -2.17. The lowest BCUT2D eigenvalue weighted by Gasteiger charge is -2.44. The molecule has 0 bridgehead atoms. The Bertz CT molecular complexity index is 653. The maximum Gasteiger partial charge on any atom is 0.276 e. The van der Waals surface area contributed by atoms with Crippen LogP contribution in [0.3, 0.4) is 0 Å². The number of benzene rings is 1. The molecule has 2 unspecified atom stereocenters. The molecular weight excluding hydrogens is 259 g/mol. The van der Waals surface area contributed by atoms with Crippen LogP contribution in [0, 0.1) is 11.7 Å². The molecule has 1 aromatic heterocycles. The number of carbonyl (C=O) groups is 1. The Labute approximate surface area is 116 Å². The van der Waals surface area contributed by atoms with Crippen molar-refractivity contribution >= 4 is 5.91 Å². The lowest BCUT2D eigenvalue weighted by atomic mass is 9.91. The monoisotopic (exact) mass is 274 g/mol. The predicted octanol–water partition coefficient (Wildman–Crippen LogP) is 2.96. The Kier molecular flexibility index (Phi) is 3.04. The molecule has 1 aliphatic rings. The highest BCUT2D eigenvalue weighted by atomic mass is 19.1. The van der Waals surface area contributed by atoms with Gasteiger partial charge in [-0.2, -0.15) is 0 Å². The number of amides is 1. The van der Waals surface area contributed by atoms with Gasteiger partial charge in [0.15, 0.2) is 17.8 Å². The van der Waals surface area contributed by atoms with Crippen molar-refractivity contribution in [3.63, 3.8) is 0 Å². The van der Waals surface area contributed by atoms with E-state index in [1.165, 1.54) is 12.5 Å². The van der Waals surface area contributed by atoms with Crippen LogP contribution in [0.5, 0.6) is 0 Å². The molecule has 2 heterocycles. The van der Waals surface area contributed by atoms with Gasteiger partial charge in [-0.15, -0.1) is 0 Å². The molecule has 1 aliphatic heterocycles. The molecule has 0 aliphatic carbocycles. The van der Waals surface area contributed by atoms with Crippen LogP contribution in [0.2, 0.25) is 0 Å². The van der Waals surface area contributed by atoms with Crippen molar-refractivity contribution in [1.82, 2.24) is 9.88 Å². The van der Waals surface area contributed by atoms with Crippen LogP contribution in [-0.4, -0.2) is 28.4 Å². The first-order valence-electron chi connectivity index (χ1n) is 6.59. The lowest BCUT2D eigenvalue weighted by Crippen LogP contribution is -2.56. The van der Waals surface area contributed by atoms with E-state index in [4.69, 9.17) is 4.42 Å². The van der Waals surface area contributed by atoms with Crippen LogP contribution in [-0.2, 0) is 0 Å². The Morgan fingerprint density at radius 3 is 2.80 bits per heavy atom. The van der Waals surface area contributed by atoms with Crippen LogP contribution in [0.15, 0.2) is 35.1 Å². The first-order valence-corrected chi connectivity index (χ1v) is 6.59. The Balaban J connectivity index is 1.95. The SMILES string of the molecule is CC1CN(C(=O)c2ncoc2-c2ccccc2F)C1C. The van der Waals surface area contributed by atoms with Gasteiger partial charge in [0.2, 0.25) is 0 Å². The second kappa shape index (κ2) is 4.74. The van der Waals surface area contributed by atoms with E-state index < -0.39 is 5.82 Å². The van der Waals surface area contributed by atoms with Crippen molar-refractivity contribution in [3.05, 3.63) is 42.2 Å². The first-order chi connectivity index (χ1) is 9.59. The average molecular weight is 274 g/mol. The normalized spacial score (nSPS) is 21.6. The molecule has 3 rings (SSSR count). The van der Waals surface area contributed by atoms with Crippen LogP contribution in [0.25, 0.3) is 11.3 Å². The minimum absolute atomic E-state index is 0.174. The van der Waals surface area contributed by atoms with Gasteiger partial charge in [0, 0.05) is 12.6 Å². The van der Waals surface area contributed by atoms with Crippen molar-refractivity contribution in [1.29, 1.82) is 0 Å². The second-order valence-electron chi connectivity index (χ2n) is 5.19. The molecule has 0 N–H and O–H groups in total. The van der Waals surface area contributed by atoms with Gasteiger partial charge in [0.25, 0.3) is 5.91 Å². The quantitative estimate of drug-likeness (QED) is 0.845. The van der Waals surface area contributed by atoms with Crippen molar-refractivity contribution < 1.29 is 13.6 Å². The number of likely N-dealkylation sites (tertiary alicyclic amines) is 1. The van der Waals surface area contributed by atoms with E-state index in [1.807, 2.05) is 6.92 Å². The zero-order chi connectivity index (χ0) is 14.3. The van der Waals surface area contributed by atoms with Gasteiger partial charge < -0.3 is 9.32 Å². The molecule has 4 nitrogen and oxygen atoms in total. The third-order valence-corrected chi connectivity index (χ3v) is 3.95. The van der Waals surface area contributed by atoms with Gasteiger partial charge in [-0.05, 0) is 25.0 Å². The largest absolute Gasteiger partial charge is 0.443 e. The van der Waals surface area contributed by atoms with Crippen LogP contribution in [0.4, 0.5) is 4.39 Å². The maximum atomic E-state index is 13.8. The van der Waals surface area contributed by atoms with E-state index in [-0.39, 0.29) is 29.0 Å². The molecule has 2 aromatic rings. The summed E-state index contributed by atoms with van der Waals surface area (Å²) in [5.41, 5.74) is 0.434. The molecular formula is C15H15FN2O2. The summed E-state index contributed by atoms with van der Waals surface area (Å²) >= 11 is 0. The van der Waals surface area contributed by atoms with Gasteiger partial charge in [-0.1, -0.05) is 19.1 Å². The summed E-state index contributed by atoms with van der Waals surface area (Å²) < 4.78 is 19.1. The van der Waals surface area contributed by atoms with Crippen molar-refractivity contribution in [2.45, 2.75) is 19.9 Å². The van der Waals surface area contributed by atoms with Gasteiger partial charge in [-0.25, -0.2) is 9.37 Å². The summed E-state index contributed by atoms with van der Waals surface area (Å²) in [6.45, 7) is 4.79. The molecule has 1 fully saturated rings. The van der Waals surface area contributed by atoms with E-state index in [2.05, 4.69) is 11.9 Å². The van der Waals surface area contributed by atoms with Crippen LogP contribution >= 0.6 is 0 Å². The topological polar surface area (TPSA) is 46.3 Å². The van der Waals surface area contributed by atoms with E-state index in [0.717, 1.165) is 0 Å². The number of carbonyl (C=O) groups excluding carboxylic acids is 1. The van der Waals surface area contributed by atoms with Crippen molar-refractivity contribution in [2.75, 3.05) is 6.54 Å². The number of rotatable bonds is 2. The lowest BCUT2D eigenvalue weighted by molar-refractivity contribution is 0.0265. The van der Waals surface area contributed by atoms with Gasteiger partial charge in [0.1, 0.15) is 5.82 Å². The smallest absolute Gasteiger partial charge is 0.276 e. The third kappa shape index (κ3) is 1.90. The number of oxazole rings is 1. The highest BCUT2D eigenvalue weighted by molar-refractivity contribution is 5.98. The summed E-state index contributed by atoms with van der Waals surface area (Å²) in [7, 11) is 0. The maximum absolute atomic E-state index is 13.8. The predicted molar refractivity (Wildman–Crippen MR) is 71.6 cm³/mol. The fraction of sp³-hybridized carbons (Fsp3) is 0.333. The fourth-order valence-electron chi connectivity index (χ4n) is 2.44. The minimum Gasteiger partial charge on any atom is -0.443 e. The third-order valence-electron chi connectivity index (χ3n) is 3.95. The second-order valence-corrected chi connectivity index (χ2v) is 5.19. The standard InChI is InChI=1S/C15H15FN2O2/c1-9-7-18(10(9)2)15(19)13-14(20-8-17-13)11-5-3-4-6-12(11)16/h3-6,8-10H,7H2,1-2H3. The summed E-state index contributed by atoms with van der Waals surface area (Å²) in [5, 5.41) is 0. The molecule has 0 radical (unpaired) electrons. The van der Waals surface area contributed by atoms with E-state index >= 15 is 0 Å². The van der Waals surface area contributed by atoms with E-state index in [9.17, 15) is 9.18 Å². The zero-order valence-electron chi connectivity index (χ0n) is 11.3. The fourth-order valence-corrected chi connectivity index (χ4v) is 2.44. The molecule has 2 atom stereocenters. The number of nitrogens with zero attached hydrogens (tertiary/aromatic N) is 2. The highest BCUT2D eigenvalue weighted by Gasteiger charge is 2.38. The molecule has 104 valence electrons. The molecule has 1 amide bonds. The molecule has 20 heavy (non-hydrogen) atoms. The van der Waals surface area contributed by atoms with E-state index in [1.54, 1.807) is 23.1 Å². The Morgan fingerprint density at radius 2 is 2.15 bits per heavy atom. The summed E-state index contributed by atoms with van der Waals surface area (Å²) in [6.07, 6.45) is 1.18. The van der Waals surface area contributed by atoms with Gasteiger partial charge in [-0.3, -0.25) is 4.79 Å². The summed E-state index contributed by atoms with van der Waals surface area (Å²) in [5.74, 6) is 0.0357. The summed E-state index contributed by atoms with van der Waals surface area (Å²) in [6, 6.07) is 6.38. The molecule has 1 saturated heterocycles. The number of hydrogen-bond acceptors (Lipinski definition) is 3. The van der Waals surface area contributed by atoms with Crippen molar-refractivity contribution in [3.8, 4) is 11.3 Å².